The number of hydrogen-bond donors (Lipinski definition) is 2. The van der Waals surface area contributed by atoms with Crippen molar-refractivity contribution in [1.82, 2.24) is 9.47 Å². The minimum Gasteiger partial charge on any atom is -0.446 e. The van der Waals surface area contributed by atoms with Gasteiger partial charge in [0.1, 0.15) is 6.10 Å². The van der Waals surface area contributed by atoms with Gasteiger partial charge in [-0.15, -0.1) is 0 Å². The third-order valence-electron chi connectivity index (χ3n) is 7.69. The lowest BCUT2D eigenvalue weighted by atomic mass is 9.92. The van der Waals surface area contributed by atoms with Crippen molar-refractivity contribution in [2.75, 3.05) is 38.4 Å². The molecule has 8 nitrogen and oxygen atoms in total. The maximum atomic E-state index is 13.0. The van der Waals surface area contributed by atoms with Crippen molar-refractivity contribution < 1.29 is 19.1 Å². The third kappa shape index (κ3) is 5.16. The number of carbonyl (C=O) groups is 2. The number of benzene rings is 2. The first-order chi connectivity index (χ1) is 17.9. The molecule has 0 spiro atoms. The molecule has 2 aromatic carbocycles. The molecule has 5 rings (SSSR count). The first kappa shape index (κ1) is 25.1. The summed E-state index contributed by atoms with van der Waals surface area (Å²) in [6.07, 6.45) is 5.09. The molecule has 1 atom stereocenters. The fourth-order valence-electron chi connectivity index (χ4n) is 5.03. The van der Waals surface area contributed by atoms with E-state index in [1.807, 2.05) is 49.4 Å². The van der Waals surface area contributed by atoms with Crippen LogP contribution >= 0.6 is 0 Å². The van der Waals surface area contributed by atoms with E-state index in [-0.39, 0.29) is 12.0 Å². The average Bonchev–Trinajstić information content (AvgIpc) is 3.68. The van der Waals surface area contributed by atoms with Gasteiger partial charge in [0.05, 0.1) is 23.5 Å². The van der Waals surface area contributed by atoms with Gasteiger partial charge in [0.15, 0.2) is 0 Å². The quantitative estimate of drug-likeness (QED) is 0.391. The number of ether oxygens (including phenoxy) is 2. The predicted octanol–water partition coefficient (Wildman–Crippen LogP) is 5.68. The second-order valence-electron chi connectivity index (χ2n) is 10.3. The van der Waals surface area contributed by atoms with Gasteiger partial charge >= 0.3 is 6.09 Å². The van der Waals surface area contributed by atoms with Crippen LogP contribution in [0.3, 0.4) is 0 Å². The van der Waals surface area contributed by atoms with E-state index in [1.165, 1.54) is 6.42 Å². The molecule has 2 amide bonds. The number of nitrogen functional groups attached to an aromatic ring is 1. The van der Waals surface area contributed by atoms with Crippen molar-refractivity contribution in [3.05, 3.63) is 48.0 Å². The van der Waals surface area contributed by atoms with Crippen molar-refractivity contribution in [3.63, 3.8) is 0 Å². The van der Waals surface area contributed by atoms with Crippen LogP contribution in [0.4, 0.5) is 16.2 Å². The molecule has 0 radical (unpaired) electrons. The molecule has 196 valence electrons. The van der Waals surface area contributed by atoms with Crippen LogP contribution in [0, 0.1) is 5.92 Å². The van der Waals surface area contributed by atoms with E-state index in [1.54, 1.807) is 19.1 Å². The zero-order valence-electron chi connectivity index (χ0n) is 21.8. The third-order valence-corrected chi connectivity index (χ3v) is 7.69. The number of carbonyl (C=O) groups excluding carboxylic acids is 2. The second-order valence-corrected chi connectivity index (χ2v) is 10.3. The van der Waals surface area contributed by atoms with Gasteiger partial charge in [-0.05, 0) is 75.3 Å². The molecule has 1 aromatic heterocycles. The van der Waals surface area contributed by atoms with E-state index in [0.717, 1.165) is 47.8 Å². The Bertz CT molecular complexity index is 1290. The Labute approximate surface area is 217 Å². The highest BCUT2D eigenvalue weighted by molar-refractivity contribution is 6.05. The number of hydrogen-bond acceptors (Lipinski definition) is 5. The van der Waals surface area contributed by atoms with E-state index in [2.05, 4.69) is 9.88 Å². The molecule has 1 heterocycles. The lowest BCUT2D eigenvalue weighted by Gasteiger charge is -2.30. The molecule has 2 fully saturated rings. The Morgan fingerprint density at radius 2 is 1.86 bits per heavy atom. The van der Waals surface area contributed by atoms with Crippen LogP contribution in [0.5, 0.6) is 0 Å². The van der Waals surface area contributed by atoms with Gasteiger partial charge in [0, 0.05) is 48.9 Å². The largest absolute Gasteiger partial charge is 0.446 e. The van der Waals surface area contributed by atoms with Crippen molar-refractivity contribution >= 4 is 34.3 Å². The molecule has 0 bridgehead atoms. The SMILES string of the molecule is COCCN(C)C(=O)c1ccc2c(N)c(-c3ccc(NC(=O)O[C@H](C)C4CC4)cc3)n(C3CCC3)c2c1. The Morgan fingerprint density at radius 3 is 2.49 bits per heavy atom. The Morgan fingerprint density at radius 1 is 1.14 bits per heavy atom. The average molecular weight is 505 g/mol. The summed E-state index contributed by atoms with van der Waals surface area (Å²) in [4.78, 5) is 27.0. The first-order valence-electron chi connectivity index (χ1n) is 13.1. The van der Waals surface area contributed by atoms with Crippen LogP contribution < -0.4 is 11.1 Å². The summed E-state index contributed by atoms with van der Waals surface area (Å²) in [6.45, 7) is 2.96. The lowest BCUT2D eigenvalue weighted by Crippen LogP contribution is -2.29. The number of nitrogens with two attached hydrogens (primary N) is 1. The monoisotopic (exact) mass is 504 g/mol. The van der Waals surface area contributed by atoms with E-state index >= 15 is 0 Å². The van der Waals surface area contributed by atoms with Crippen LogP contribution in [0.25, 0.3) is 22.2 Å². The molecule has 2 aliphatic carbocycles. The Balaban J connectivity index is 1.44. The van der Waals surface area contributed by atoms with Crippen molar-refractivity contribution in [3.8, 4) is 11.3 Å². The molecule has 0 unspecified atom stereocenters. The van der Waals surface area contributed by atoms with Crippen molar-refractivity contribution in [2.45, 2.75) is 51.2 Å². The molecule has 2 saturated carbocycles. The number of rotatable bonds is 9. The normalized spacial score (nSPS) is 16.3. The molecule has 3 aromatic rings. The number of anilines is 2. The number of fused-ring (bicyclic) bond motifs is 1. The molecule has 37 heavy (non-hydrogen) atoms. The van der Waals surface area contributed by atoms with E-state index < -0.39 is 6.09 Å². The van der Waals surface area contributed by atoms with Crippen molar-refractivity contribution in [2.24, 2.45) is 5.92 Å². The summed E-state index contributed by atoms with van der Waals surface area (Å²) in [5.41, 5.74) is 11.6. The predicted molar refractivity (Wildman–Crippen MR) is 146 cm³/mol. The minimum absolute atomic E-state index is 0.0428. The van der Waals surface area contributed by atoms with Crippen LogP contribution in [0.1, 0.15) is 55.4 Å². The minimum atomic E-state index is -0.428. The van der Waals surface area contributed by atoms with Gasteiger partial charge in [-0.3, -0.25) is 10.1 Å². The summed E-state index contributed by atoms with van der Waals surface area (Å²) < 4.78 is 12.9. The highest BCUT2D eigenvalue weighted by Gasteiger charge is 2.31. The summed E-state index contributed by atoms with van der Waals surface area (Å²) in [5.74, 6) is 0.449. The molecule has 2 aliphatic rings. The van der Waals surface area contributed by atoms with Crippen LogP contribution in [-0.4, -0.2) is 54.9 Å². The highest BCUT2D eigenvalue weighted by atomic mass is 16.6. The standard InChI is InChI=1S/C29H36N4O4/c1-18(19-7-8-19)37-29(35)31-22-12-9-20(10-13-22)27-26(30)24-14-11-21(28(34)32(2)15-16-36-3)17-25(24)33(27)23-5-4-6-23/h9-14,17-19,23H,4-8,15-16,30H2,1-3H3,(H,31,35)/t18-/m1/s1. The maximum absolute atomic E-state index is 13.0. The maximum Gasteiger partial charge on any atom is 0.411 e. The molecular formula is C29H36N4O4. The summed E-state index contributed by atoms with van der Waals surface area (Å²) in [6, 6.07) is 13.8. The number of nitrogens with zero attached hydrogens (tertiary/aromatic N) is 2. The summed E-state index contributed by atoms with van der Waals surface area (Å²) >= 11 is 0. The molecular weight excluding hydrogens is 468 g/mol. The first-order valence-corrected chi connectivity index (χ1v) is 13.1. The number of methoxy groups -OCH3 is 1. The van der Waals surface area contributed by atoms with Gasteiger partial charge in [0.2, 0.25) is 0 Å². The van der Waals surface area contributed by atoms with Gasteiger partial charge in [0.25, 0.3) is 5.91 Å². The van der Waals surface area contributed by atoms with Crippen LogP contribution in [0.15, 0.2) is 42.5 Å². The van der Waals surface area contributed by atoms with Crippen LogP contribution in [-0.2, 0) is 9.47 Å². The molecule has 0 aliphatic heterocycles. The van der Waals surface area contributed by atoms with E-state index in [0.29, 0.717) is 42.0 Å². The molecule has 3 N–H and O–H groups in total. The molecule has 8 heteroatoms. The van der Waals surface area contributed by atoms with Gasteiger partial charge in [-0.1, -0.05) is 12.1 Å². The topological polar surface area (TPSA) is 98.8 Å². The van der Waals surface area contributed by atoms with Crippen LogP contribution in [0.2, 0.25) is 0 Å². The number of amides is 2. The fourth-order valence-corrected chi connectivity index (χ4v) is 5.03. The van der Waals surface area contributed by atoms with Crippen molar-refractivity contribution in [1.29, 1.82) is 0 Å². The molecule has 0 saturated heterocycles. The smallest absolute Gasteiger partial charge is 0.411 e. The Hall–Kier alpha value is -3.52. The van der Waals surface area contributed by atoms with Gasteiger partial charge in [-0.25, -0.2) is 4.79 Å². The number of nitrogens with one attached hydrogen (secondary N) is 1. The zero-order chi connectivity index (χ0) is 26.1. The van der Waals surface area contributed by atoms with Gasteiger partial charge in [-0.2, -0.15) is 0 Å². The van der Waals surface area contributed by atoms with E-state index in [9.17, 15) is 9.59 Å². The fraction of sp³-hybridized carbons (Fsp3) is 0.448. The second kappa shape index (κ2) is 10.5. The highest BCUT2D eigenvalue weighted by Crippen LogP contribution is 2.44. The summed E-state index contributed by atoms with van der Waals surface area (Å²) in [7, 11) is 3.42. The number of likely N-dealkylation sites (N-methyl/N-ethyl adjacent to an activating group) is 1. The zero-order valence-corrected chi connectivity index (χ0v) is 21.8. The Kier molecular flexibility index (Phi) is 7.11. The number of aromatic nitrogens is 1. The van der Waals surface area contributed by atoms with Gasteiger partial charge < -0.3 is 24.7 Å². The van der Waals surface area contributed by atoms with E-state index in [4.69, 9.17) is 15.2 Å². The summed E-state index contributed by atoms with van der Waals surface area (Å²) in [5, 5.41) is 3.77. The lowest BCUT2D eigenvalue weighted by molar-refractivity contribution is 0.0744.